The fourth-order valence-electron chi connectivity index (χ4n) is 0.883. The lowest BCUT2D eigenvalue weighted by Gasteiger charge is -1.94. The van der Waals surface area contributed by atoms with Gasteiger partial charge in [-0.25, -0.2) is 0 Å². The van der Waals surface area contributed by atoms with Crippen molar-refractivity contribution in [1.29, 1.82) is 0 Å². The standard InChI is InChI=1S/C10H9ClO/c11-6-2-5-9-3-1-4-10(7-9)8-12/h1,3-4,7,12H,6,8H2. The third-order valence-corrected chi connectivity index (χ3v) is 1.54. The van der Waals surface area contributed by atoms with Crippen molar-refractivity contribution in [1.82, 2.24) is 0 Å². The molecule has 62 valence electrons. The molecule has 0 saturated carbocycles. The minimum Gasteiger partial charge on any atom is -0.392 e. The topological polar surface area (TPSA) is 20.2 Å². The van der Waals surface area contributed by atoms with Gasteiger partial charge < -0.3 is 5.11 Å². The molecule has 0 saturated heterocycles. The highest BCUT2D eigenvalue weighted by molar-refractivity contribution is 6.19. The molecule has 0 atom stereocenters. The van der Waals surface area contributed by atoms with Crippen molar-refractivity contribution in [3.05, 3.63) is 35.4 Å². The molecule has 0 bridgehead atoms. The van der Waals surface area contributed by atoms with Gasteiger partial charge in [0.2, 0.25) is 0 Å². The van der Waals surface area contributed by atoms with Crippen molar-refractivity contribution in [2.45, 2.75) is 6.61 Å². The van der Waals surface area contributed by atoms with Crippen molar-refractivity contribution >= 4 is 11.6 Å². The monoisotopic (exact) mass is 180 g/mol. The van der Waals surface area contributed by atoms with E-state index in [1.165, 1.54) is 0 Å². The molecule has 0 radical (unpaired) electrons. The summed E-state index contributed by atoms with van der Waals surface area (Å²) in [6.07, 6.45) is 0. The lowest BCUT2D eigenvalue weighted by molar-refractivity contribution is 0.282. The first-order valence-electron chi connectivity index (χ1n) is 3.61. The SMILES string of the molecule is OCc1cccc(C#CCCl)c1. The van der Waals surface area contributed by atoms with Gasteiger partial charge in [0.05, 0.1) is 12.5 Å². The third kappa shape index (κ3) is 2.58. The van der Waals surface area contributed by atoms with E-state index in [2.05, 4.69) is 11.8 Å². The normalized spacial score (nSPS) is 8.83. The maximum absolute atomic E-state index is 8.81. The van der Waals surface area contributed by atoms with Crippen LogP contribution in [0.25, 0.3) is 0 Å². The number of halogens is 1. The van der Waals surface area contributed by atoms with Gasteiger partial charge in [0.1, 0.15) is 0 Å². The van der Waals surface area contributed by atoms with Crippen LogP contribution in [0.1, 0.15) is 11.1 Å². The van der Waals surface area contributed by atoms with Gasteiger partial charge in [-0.1, -0.05) is 24.0 Å². The van der Waals surface area contributed by atoms with Gasteiger partial charge in [-0.05, 0) is 17.7 Å². The smallest absolute Gasteiger partial charge is 0.0839 e. The highest BCUT2D eigenvalue weighted by Crippen LogP contribution is 2.03. The molecule has 1 aromatic rings. The second-order valence-corrected chi connectivity index (χ2v) is 2.56. The summed E-state index contributed by atoms with van der Waals surface area (Å²) in [7, 11) is 0. The van der Waals surface area contributed by atoms with Crippen LogP contribution in [-0.2, 0) is 6.61 Å². The van der Waals surface area contributed by atoms with E-state index in [0.717, 1.165) is 11.1 Å². The minimum absolute atomic E-state index is 0.0520. The number of hydrogen-bond donors (Lipinski definition) is 1. The molecule has 0 spiro atoms. The van der Waals surface area contributed by atoms with Crippen LogP contribution in [0.15, 0.2) is 24.3 Å². The number of aliphatic hydroxyl groups is 1. The van der Waals surface area contributed by atoms with Crippen LogP contribution in [-0.4, -0.2) is 11.0 Å². The van der Waals surface area contributed by atoms with Crippen LogP contribution in [0.2, 0.25) is 0 Å². The molecule has 1 N–H and O–H groups in total. The second kappa shape index (κ2) is 4.82. The van der Waals surface area contributed by atoms with Crippen molar-refractivity contribution < 1.29 is 5.11 Å². The molecule has 0 fully saturated rings. The summed E-state index contributed by atoms with van der Waals surface area (Å²) in [5, 5.41) is 8.81. The number of rotatable bonds is 1. The fraction of sp³-hybridized carbons (Fsp3) is 0.200. The summed E-state index contributed by atoms with van der Waals surface area (Å²) in [5.74, 6) is 5.96. The Morgan fingerprint density at radius 2 is 2.25 bits per heavy atom. The first-order chi connectivity index (χ1) is 5.86. The maximum Gasteiger partial charge on any atom is 0.0839 e. The molecule has 0 aromatic heterocycles. The summed E-state index contributed by atoms with van der Waals surface area (Å²) in [4.78, 5) is 0. The molecule has 0 aliphatic heterocycles. The number of benzene rings is 1. The lowest BCUT2D eigenvalue weighted by Crippen LogP contribution is -1.83. The van der Waals surface area contributed by atoms with E-state index in [1.54, 1.807) is 0 Å². The van der Waals surface area contributed by atoms with Gasteiger partial charge in [0.25, 0.3) is 0 Å². The lowest BCUT2D eigenvalue weighted by atomic mass is 10.1. The van der Waals surface area contributed by atoms with Crippen LogP contribution in [0.3, 0.4) is 0 Å². The van der Waals surface area contributed by atoms with Gasteiger partial charge >= 0.3 is 0 Å². The van der Waals surface area contributed by atoms with E-state index in [4.69, 9.17) is 16.7 Å². The van der Waals surface area contributed by atoms with Crippen LogP contribution in [0.4, 0.5) is 0 Å². The summed E-state index contributed by atoms with van der Waals surface area (Å²) in [5.41, 5.74) is 1.76. The number of aliphatic hydroxyl groups excluding tert-OH is 1. The summed E-state index contributed by atoms with van der Waals surface area (Å²) in [6.45, 7) is 0.0520. The Hall–Kier alpha value is -0.970. The van der Waals surface area contributed by atoms with E-state index in [0.29, 0.717) is 5.88 Å². The molecular formula is C10H9ClO. The van der Waals surface area contributed by atoms with Gasteiger partial charge in [0, 0.05) is 5.56 Å². The van der Waals surface area contributed by atoms with E-state index in [9.17, 15) is 0 Å². The van der Waals surface area contributed by atoms with E-state index in [-0.39, 0.29) is 6.61 Å². The average Bonchev–Trinajstić information content (AvgIpc) is 2.15. The van der Waals surface area contributed by atoms with Crippen LogP contribution in [0.5, 0.6) is 0 Å². The molecule has 0 amide bonds. The Bertz CT molecular complexity index is 309. The van der Waals surface area contributed by atoms with Crippen LogP contribution >= 0.6 is 11.6 Å². The van der Waals surface area contributed by atoms with Crippen molar-refractivity contribution in [2.75, 3.05) is 5.88 Å². The van der Waals surface area contributed by atoms with Crippen LogP contribution in [0, 0.1) is 11.8 Å². The molecule has 0 aliphatic carbocycles. The molecule has 2 heteroatoms. The highest BCUT2D eigenvalue weighted by Gasteiger charge is 1.89. The maximum atomic E-state index is 8.81. The van der Waals surface area contributed by atoms with E-state index in [1.807, 2.05) is 24.3 Å². The third-order valence-electron chi connectivity index (χ3n) is 1.41. The Labute approximate surface area is 77.0 Å². The zero-order valence-corrected chi connectivity index (χ0v) is 7.30. The first-order valence-corrected chi connectivity index (χ1v) is 4.15. The average molecular weight is 181 g/mol. The molecule has 1 rings (SSSR count). The highest BCUT2D eigenvalue weighted by atomic mass is 35.5. The second-order valence-electron chi connectivity index (χ2n) is 2.29. The molecule has 1 aromatic carbocycles. The quantitative estimate of drug-likeness (QED) is 0.516. The molecule has 12 heavy (non-hydrogen) atoms. The Morgan fingerprint density at radius 3 is 2.92 bits per heavy atom. The van der Waals surface area contributed by atoms with Gasteiger partial charge in [-0.15, -0.1) is 11.6 Å². The minimum atomic E-state index is 0.0520. The molecule has 1 nitrogen and oxygen atoms in total. The Balaban J connectivity index is 2.86. The molecular weight excluding hydrogens is 172 g/mol. The summed E-state index contributed by atoms with van der Waals surface area (Å²) in [6, 6.07) is 7.45. The largest absolute Gasteiger partial charge is 0.392 e. The summed E-state index contributed by atoms with van der Waals surface area (Å²) >= 11 is 5.40. The predicted octanol–water partition coefficient (Wildman–Crippen LogP) is 1.77. The number of hydrogen-bond acceptors (Lipinski definition) is 1. The molecule has 0 heterocycles. The van der Waals surface area contributed by atoms with Crippen LogP contribution < -0.4 is 0 Å². The van der Waals surface area contributed by atoms with E-state index < -0.39 is 0 Å². The van der Waals surface area contributed by atoms with Crippen molar-refractivity contribution in [3.8, 4) is 11.8 Å². The number of alkyl halides is 1. The Kier molecular flexibility index (Phi) is 3.66. The molecule has 0 unspecified atom stereocenters. The van der Waals surface area contributed by atoms with Gasteiger partial charge in [-0.2, -0.15) is 0 Å². The summed E-state index contributed by atoms with van der Waals surface area (Å²) < 4.78 is 0. The predicted molar refractivity (Wildman–Crippen MR) is 50.0 cm³/mol. The fourth-order valence-corrected chi connectivity index (χ4v) is 0.950. The van der Waals surface area contributed by atoms with Crippen molar-refractivity contribution in [3.63, 3.8) is 0 Å². The Morgan fingerprint density at radius 1 is 1.42 bits per heavy atom. The van der Waals surface area contributed by atoms with E-state index >= 15 is 0 Å². The van der Waals surface area contributed by atoms with Gasteiger partial charge in [0.15, 0.2) is 0 Å². The zero-order valence-electron chi connectivity index (χ0n) is 6.55. The van der Waals surface area contributed by atoms with Crippen molar-refractivity contribution in [2.24, 2.45) is 0 Å². The molecule has 0 aliphatic rings. The van der Waals surface area contributed by atoms with Gasteiger partial charge in [-0.3, -0.25) is 0 Å². The zero-order chi connectivity index (χ0) is 8.81. The first kappa shape index (κ1) is 9.12.